The van der Waals surface area contributed by atoms with Crippen LogP contribution >= 0.6 is 0 Å². The molecule has 4 aromatic carbocycles. The van der Waals surface area contributed by atoms with E-state index in [0.717, 1.165) is 45.9 Å². The molecule has 0 nitrogen and oxygen atoms in total. The molecule has 8 aliphatic carbocycles. The van der Waals surface area contributed by atoms with Crippen molar-refractivity contribution in [2.24, 2.45) is 45.3 Å². The lowest BCUT2D eigenvalue weighted by molar-refractivity contribution is -0.223. The third kappa shape index (κ3) is 6.00. The molecule has 8 bridgehead atoms. The summed E-state index contributed by atoms with van der Waals surface area (Å²) in [5.41, 5.74) is 8.80. The number of hydrogen-bond donors (Lipinski definition) is 0. The van der Waals surface area contributed by atoms with Gasteiger partial charge in [-0.25, -0.2) is 0 Å². The lowest BCUT2D eigenvalue weighted by Crippen LogP contribution is -2.64. The van der Waals surface area contributed by atoms with Crippen molar-refractivity contribution in [3.05, 3.63) is 155 Å². The highest BCUT2D eigenvalue weighted by Gasteiger charge is 2.69. The Labute approximate surface area is 311 Å². The van der Waals surface area contributed by atoms with Crippen LogP contribution in [0.2, 0.25) is 0 Å². The second-order valence-electron chi connectivity index (χ2n) is 18.4. The Balaban J connectivity index is 0.881. The van der Waals surface area contributed by atoms with E-state index in [1.54, 1.807) is 0 Å². The quantitative estimate of drug-likeness (QED) is 0.185. The Morgan fingerprint density at radius 3 is 1.06 bits per heavy atom. The maximum Gasteiger partial charge on any atom is 0.0249 e. The van der Waals surface area contributed by atoms with Gasteiger partial charge in [0.25, 0.3) is 0 Å². The fourth-order valence-corrected chi connectivity index (χ4v) is 13.5. The van der Waals surface area contributed by atoms with Gasteiger partial charge in [0.15, 0.2) is 0 Å². The van der Waals surface area contributed by atoms with E-state index in [2.05, 4.69) is 145 Å². The Morgan fingerprint density at radius 2 is 0.712 bits per heavy atom. The number of benzene rings is 4. The Bertz CT molecular complexity index is 1940. The van der Waals surface area contributed by atoms with Gasteiger partial charge in [0, 0.05) is 22.3 Å². The first kappa shape index (κ1) is 32.2. The second kappa shape index (κ2) is 12.6. The smallest absolute Gasteiger partial charge is 0.0249 e. The van der Waals surface area contributed by atoms with Crippen LogP contribution in [0, 0.1) is 69.0 Å². The second-order valence-corrected chi connectivity index (χ2v) is 18.4. The van der Waals surface area contributed by atoms with Crippen LogP contribution in [0.3, 0.4) is 0 Å². The predicted octanol–water partition coefficient (Wildman–Crippen LogP) is 12.4. The minimum absolute atomic E-state index is 0.382. The first-order chi connectivity index (χ1) is 25.4. The van der Waals surface area contributed by atoms with Crippen molar-refractivity contribution in [1.82, 2.24) is 0 Å². The lowest BCUT2D eigenvalue weighted by Gasteiger charge is -2.73. The van der Waals surface area contributed by atoms with Crippen molar-refractivity contribution < 1.29 is 0 Å². The van der Waals surface area contributed by atoms with Gasteiger partial charge in [-0.15, -0.1) is 0 Å². The van der Waals surface area contributed by atoms with Crippen LogP contribution < -0.4 is 0 Å². The van der Waals surface area contributed by atoms with Crippen LogP contribution in [0.4, 0.5) is 0 Å². The van der Waals surface area contributed by atoms with E-state index in [1.807, 2.05) is 12.1 Å². The first-order valence-electron chi connectivity index (χ1n) is 20.2. The molecule has 8 aliphatic rings. The van der Waals surface area contributed by atoms with Gasteiger partial charge in [-0.05, 0) is 182 Å². The summed E-state index contributed by atoms with van der Waals surface area (Å²) in [6, 6.07) is 38.5. The van der Waals surface area contributed by atoms with Crippen molar-refractivity contribution >= 4 is 12.2 Å². The molecule has 4 atom stereocenters. The SMILES string of the molecule is C(#Cc1ccc(C=CC23CC4CC(C2)CC(C25CC6CC(CC(C=Cc7ccc(C#Cc8ccccc8)cc7)(C6)C2)C5)(C4)C3)cc1)c1ccccc1. The monoisotopic (exact) mass is 674 g/mol. The minimum Gasteiger partial charge on any atom is -0.0777 e. The fourth-order valence-electron chi connectivity index (χ4n) is 13.5. The molecule has 8 fully saturated rings. The van der Waals surface area contributed by atoms with Gasteiger partial charge in [0.2, 0.25) is 0 Å². The molecule has 0 amide bonds. The van der Waals surface area contributed by atoms with Crippen LogP contribution in [0.15, 0.2) is 121 Å². The van der Waals surface area contributed by atoms with Crippen molar-refractivity contribution in [2.45, 2.75) is 77.0 Å². The topological polar surface area (TPSA) is 0 Å². The molecule has 4 aromatic rings. The van der Waals surface area contributed by atoms with Gasteiger partial charge in [-0.3, -0.25) is 0 Å². The van der Waals surface area contributed by atoms with Gasteiger partial charge in [0.05, 0.1) is 0 Å². The highest BCUT2D eigenvalue weighted by molar-refractivity contribution is 5.55. The molecule has 0 radical (unpaired) electrons. The van der Waals surface area contributed by atoms with Crippen LogP contribution in [0.5, 0.6) is 0 Å². The molecule has 0 aromatic heterocycles. The fraction of sp³-hybridized carbons (Fsp3) is 0.385. The largest absolute Gasteiger partial charge is 0.0777 e. The predicted molar refractivity (Wildman–Crippen MR) is 215 cm³/mol. The standard InChI is InChI=1S/C52H50/c1-3-7-39(8-4-1)11-13-41-15-19-43(20-16-41)23-25-49-29-45-27-46(30-49)34-51(33-45,37-49)52-35-47-28-48(36-52)32-50(31-47,38-52)26-24-44-21-17-42(18-22-44)14-12-40-9-5-2-6-10-40/h1-10,15-26,45-48H,27-38H2. The third-order valence-electron chi connectivity index (χ3n) is 14.7. The minimum atomic E-state index is 0.382. The van der Waals surface area contributed by atoms with Crippen molar-refractivity contribution in [2.75, 3.05) is 0 Å². The summed E-state index contributed by atoms with van der Waals surface area (Å²) in [5, 5.41) is 0. The average Bonchev–Trinajstić information content (AvgIpc) is 3.15. The van der Waals surface area contributed by atoms with E-state index in [4.69, 9.17) is 0 Å². The molecule has 12 rings (SSSR count). The summed E-state index contributed by atoms with van der Waals surface area (Å²) in [7, 11) is 0. The summed E-state index contributed by atoms with van der Waals surface area (Å²) in [6.45, 7) is 0. The van der Waals surface area contributed by atoms with E-state index >= 15 is 0 Å². The summed E-state index contributed by atoms with van der Waals surface area (Å²) >= 11 is 0. The van der Waals surface area contributed by atoms with Crippen molar-refractivity contribution in [1.29, 1.82) is 0 Å². The van der Waals surface area contributed by atoms with Gasteiger partial charge < -0.3 is 0 Å². The first-order valence-corrected chi connectivity index (χ1v) is 20.2. The molecular formula is C52H50. The van der Waals surface area contributed by atoms with Crippen LogP contribution in [0.1, 0.15) is 110 Å². The van der Waals surface area contributed by atoms with Gasteiger partial charge in [-0.1, -0.05) is 109 Å². The van der Waals surface area contributed by atoms with Gasteiger partial charge in [0.1, 0.15) is 0 Å². The lowest BCUT2D eigenvalue weighted by atomic mass is 9.31. The molecule has 258 valence electrons. The van der Waals surface area contributed by atoms with E-state index in [1.165, 1.54) is 88.2 Å². The van der Waals surface area contributed by atoms with E-state index in [-0.39, 0.29) is 0 Å². The zero-order valence-corrected chi connectivity index (χ0v) is 30.5. The normalized spacial score (nSPS) is 35.0. The molecule has 0 heterocycles. The molecule has 0 spiro atoms. The van der Waals surface area contributed by atoms with Crippen LogP contribution in [-0.2, 0) is 0 Å². The summed E-state index contributed by atoms with van der Waals surface area (Å²) in [4.78, 5) is 0. The summed E-state index contributed by atoms with van der Waals surface area (Å²) in [5.74, 6) is 17.0. The van der Waals surface area contributed by atoms with Crippen LogP contribution in [-0.4, -0.2) is 0 Å². The van der Waals surface area contributed by atoms with Gasteiger partial charge >= 0.3 is 0 Å². The third-order valence-corrected chi connectivity index (χ3v) is 14.7. The van der Waals surface area contributed by atoms with Crippen molar-refractivity contribution in [3.8, 4) is 23.7 Å². The number of allylic oxidation sites excluding steroid dienone is 2. The molecular weight excluding hydrogens is 625 g/mol. The highest BCUT2D eigenvalue weighted by Crippen LogP contribution is 2.79. The van der Waals surface area contributed by atoms with E-state index in [9.17, 15) is 0 Å². The van der Waals surface area contributed by atoms with E-state index < -0.39 is 0 Å². The van der Waals surface area contributed by atoms with Crippen molar-refractivity contribution in [3.63, 3.8) is 0 Å². The Hall–Kier alpha value is -4.52. The Morgan fingerprint density at radius 1 is 0.385 bits per heavy atom. The summed E-state index contributed by atoms with van der Waals surface area (Å²) in [6.07, 6.45) is 28.0. The van der Waals surface area contributed by atoms with Gasteiger partial charge in [-0.2, -0.15) is 0 Å². The average molecular weight is 675 g/mol. The maximum absolute atomic E-state index is 3.36. The number of rotatable bonds is 5. The molecule has 8 saturated carbocycles. The van der Waals surface area contributed by atoms with E-state index in [0.29, 0.717) is 21.7 Å². The molecule has 0 heteroatoms. The zero-order valence-electron chi connectivity index (χ0n) is 30.5. The molecule has 0 saturated heterocycles. The maximum atomic E-state index is 3.36. The highest BCUT2D eigenvalue weighted by atomic mass is 14.7. The molecule has 4 unspecified atom stereocenters. The molecule has 0 N–H and O–H groups in total. The zero-order chi connectivity index (χ0) is 34.6. The Kier molecular flexibility index (Phi) is 7.77. The number of hydrogen-bond acceptors (Lipinski definition) is 0. The van der Waals surface area contributed by atoms with Crippen LogP contribution in [0.25, 0.3) is 12.2 Å². The molecule has 0 aliphatic heterocycles. The summed E-state index contributed by atoms with van der Waals surface area (Å²) < 4.78 is 0. The molecule has 52 heavy (non-hydrogen) atoms.